The van der Waals surface area contributed by atoms with Crippen molar-refractivity contribution in [3.63, 3.8) is 0 Å². The molecule has 0 aromatic carbocycles. The van der Waals surface area contributed by atoms with Crippen LogP contribution in [0.25, 0.3) is 11.2 Å². The highest BCUT2D eigenvalue weighted by atomic mass is 16.5. The van der Waals surface area contributed by atoms with Gasteiger partial charge in [-0.25, -0.2) is 14.6 Å². The summed E-state index contributed by atoms with van der Waals surface area (Å²) in [5.74, 6) is 0.254. The molecule has 0 saturated carbocycles. The van der Waals surface area contributed by atoms with Crippen molar-refractivity contribution in [1.29, 1.82) is 0 Å². The summed E-state index contributed by atoms with van der Waals surface area (Å²) in [4.78, 5) is 23.3. The van der Waals surface area contributed by atoms with Gasteiger partial charge in [-0.1, -0.05) is 0 Å². The first-order chi connectivity index (χ1) is 13.7. The molecule has 9 heteroatoms. The Hall–Kier alpha value is -2.10. The summed E-state index contributed by atoms with van der Waals surface area (Å²) < 4.78 is 12.8. The van der Waals surface area contributed by atoms with Gasteiger partial charge in [-0.2, -0.15) is 5.10 Å². The fourth-order valence-electron chi connectivity index (χ4n) is 3.93. The maximum absolute atomic E-state index is 12.0. The standard InChI is InChI=1S/C19H28N6O3/c1-24-8-4-14(11-24)17-18-19(22-6-5-21-18)25(23-17)9-7-20-16(26)13-27-12-15-3-2-10-28-15/h5-6,14-15H,2-4,7-13H2,1H3,(H,20,26). The third-order valence-electron chi connectivity index (χ3n) is 5.38. The number of likely N-dealkylation sites (N-methyl/N-ethyl adjacent to an activating group) is 1. The summed E-state index contributed by atoms with van der Waals surface area (Å²) in [5.41, 5.74) is 2.66. The van der Waals surface area contributed by atoms with Gasteiger partial charge in [-0.15, -0.1) is 0 Å². The molecule has 0 bridgehead atoms. The van der Waals surface area contributed by atoms with Gasteiger partial charge in [0.2, 0.25) is 5.91 Å². The van der Waals surface area contributed by atoms with Gasteiger partial charge in [0.1, 0.15) is 12.1 Å². The quantitative estimate of drug-likeness (QED) is 0.706. The summed E-state index contributed by atoms with van der Waals surface area (Å²) in [6, 6.07) is 0. The van der Waals surface area contributed by atoms with Gasteiger partial charge >= 0.3 is 0 Å². The van der Waals surface area contributed by atoms with Gasteiger partial charge in [0.25, 0.3) is 0 Å². The number of hydrogen-bond donors (Lipinski definition) is 1. The lowest BCUT2D eigenvalue weighted by molar-refractivity contribution is -0.126. The third-order valence-corrected chi connectivity index (χ3v) is 5.38. The highest BCUT2D eigenvalue weighted by Gasteiger charge is 2.27. The lowest BCUT2D eigenvalue weighted by Crippen LogP contribution is -2.32. The second kappa shape index (κ2) is 8.93. The van der Waals surface area contributed by atoms with Crippen molar-refractivity contribution >= 4 is 17.1 Å². The van der Waals surface area contributed by atoms with E-state index in [1.165, 1.54) is 0 Å². The van der Waals surface area contributed by atoms with E-state index in [1.807, 2.05) is 4.68 Å². The van der Waals surface area contributed by atoms with E-state index in [0.717, 1.165) is 55.8 Å². The van der Waals surface area contributed by atoms with Crippen LogP contribution in [-0.2, 0) is 20.8 Å². The van der Waals surface area contributed by atoms with Crippen molar-refractivity contribution in [3.8, 4) is 0 Å². The molecule has 0 radical (unpaired) electrons. The van der Waals surface area contributed by atoms with Crippen molar-refractivity contribution in [2.45, 2.75) is 37.8 Å². The predicted molar refractivity (Wildman–Crippen MR) is 103 cm³/mol. The van der Waals surface area contributed by atoms with E-state index in [-0.39, 0.29) is 18.6 Å². The van der Waals surface area contributed by atoms with Crippen molar-refractivity contribution in [3.05, 3.63) is 18.1 Å². The molecule has 2 saturated heterocycles. The fourth-order valence-corrected chi connectivity index (χ4v) is 3.93. The molecule has 152 valence electrons. The Bertz CT molecular complexity index is 804. The molecule has 4 rings (SSSR count). The number of aromatic nitrogens is 4. The van der Waals surface area contributed by atoms with Crippen LogP contribution in [0.4, 0.5) is 0 Å². The first kappa shape index (κ1) is 19.2. The number of nitrogens with zero attached hydrogens (tertiary/aromatic N) is 5. The number of rotatable bonds is 8. The zero-order chi connectivity index (χ0) is 19.3. The molecule has 1 N–H and O–H groups in total. The van der Waals surface area contributed by atoms with Crippen LogP contribution in [0.3, 0.4) is 0 Å². The van der Waals surface area contributed by atoms with Crippen molar-refractivity contribution in [1.82, 2.24) is 30.0 Å². The van der Waals surface area contributed by atoms with Crippen molar-refractivity contribution in [2.75, 3.05) is 46.5 Å². The second-order valence-corrected chi connectivity index (χ2v) is 7.58. The molecule has 28 heavy (non-hydrogen) atoms. The molecule has 0 spiro atoms. The lowest BCUT2D eigenvalue weighted by atomic mass is 10.0. The lowest BCUT2D eigenvalue weighted by Gasteiger charge is -2.10. The Morgan fingerprint density at radius 1 is 1.36 bits per heavy atom. The Labute approximate surface area is 164 Å². The molecule has 2 atom stereocenters. The van der Waals surface area contributed by atoms with Gasteiger partial charge in [0, 0.05) is 38.0 Å². The number of likely N-dealkylation sites (tertiary alicyclic amines) is 1. The first-order valence-corrected chi connectivity index (χ1v) is 10.0. The molecule has 2 unspecified atom stereocenters. The number of nitrogens with one attached hydrogen (secondary N) is 1. The van der Waals surface area contributed by atoms with E-state index in [1.54, 1.807) is 12.4 Å². The summed E-state index contributed by atoms with van der Waals surface area (Å²) in [6.45, 7) is 4.41. The maximum atomic E-state index is 12.0. The summed E-state index contributed by atoms with van der Waals surface area (Å²) in [6.07, 6.45) is 6.69. The van der Waals surface area contributed by atoms with Gasteiger partial charge in [0.15, 0.2) is 5.65 Å². The molecule has 9 nitrogen and oxygen atoms in total. The number of hydrogen-bond acceptors (Lipinski definition) is 7. The zero-order valence-corrected chi connectivity index (χ0v) is 16.3. The van der Waals surface area contributed by atoms with Crippen LogP contribution in [0.5, 0.6) is 0 Å². The third kappa shape index (κ3) is 4.48. The maximum Gasteiger partial charge on any atom is 0.246 e. The number of carbonyl (C=O) groups is 1. The van der Waals surface area contributed by atoms with Crippen LogP contribution in [0.15, 0.2) is 12.4 Å². The highest BCUT2D eigenvalue weighted by molar-refractivity contribution is 5.77. The van der Waals surface area contributed by atoms with Crippen LogP contribution in [0, 0.1) is 0 Å². The van der Waals surface area contributed by atoms with Crippen LogP contribution >= 0.6 is 0 Å². The average Bonchev–Trinajstić information content (AvgIpc) is 3.43. The number of amides is 1. The van der Waals surface area contributed by atoms with E-state index in [2.05, 4.69) is 27.2 Å². The Morgan fingerprint density at radius 2 is 2.25 bits per heavy atom. The number of fused-ring (bicyclic) bond motifs is 1. The van der Waals surface area contributed by atoms with Crippen LogP contribution in [0.1, 0.15) is 30.9 Å². The van der Waals surface area contributed by atoms with E-state index < -0.39 is 0 Å². The highest BCUT2D eigenvalue weighted by Crippen LogP contribution is 2.29. The smallest absolute Gasteiger partial charge is 0.246 e. The second-order valence-electron chi connectivity index (χ2n) is 7.58. The fraction of sp³-hybridized carbons (Fsp3) is 0.684. The zero-order valence-electron chi connectivity index (χ0n) is 16.3. The molecule has 1 amide bonds. The summed E-state index contributed by atoms with van der Waals surface area (Å²) >= 11 is 0. The molecule has 2 aromatic heterocycles. The number of ether oxygens (including phenoxy) is 2. The van der Waals surface area contributed by atoms with Crippen LogP contribution in [-0.4, -0.2) is 83.2 Å². The first-order valence-electron chi connectivity index (χ1n) is 10.0. The van der Waals surface area contributed by atoms with E-state index in [0.29, 0.717) is 25.6 Å². The van der Waals surface area contributed by atoms with Gasteiger partial charge in [-0.3, -0.25) is 4.79 Å². The monoisotopic (exact) mass is 388 g/mol. The summed E-state index contributed by atoms with van der Waals surface area (Å²) in [7, 11) is 2.13. The minimum atomic E-state index is -0.127. The molecule has 4 heterocycles. The molecular weight excluding hydrogens is 360 g/mol. The van der Waals surface area contributed by atoms with Crippen LogP contribution in [0.2, 0.25) is 0 Å². The molecular formula is C19H28N6O3. The minimum absolute atomic E-state index is 0.0547. The van der Waals surface area contributed by atoms with E-state index >= 15 is 0 Å². The average molecular weight is 388 g/mol. The Kier molecular flexibility index (Phi) is 6.13. The van der Waals surface area contributed by atoms with Crippen LogP contribution < -0.4 is 5.32 Å². The van der Waals surface area contributed by atoms with Crippen molar-refractivity contribution in [2.24, 2.45) is 0 Å². The molecule has 2 aromatic rings. The molecule has 2 aliphatic rings. The van der Waals surface area contributed by atoms with Crippen molar-refractivity contribution < 1.29 is 14.3 Å². The largest absolute Gasteiger partial charge is 0.376 e. The number of carbonyl (C=O) groups excluding carboxylic acids is 1. The normalized spacial score (nSPS) is 22.9. The molecule has 0 aliphatic carbocycles. The van der Waals surface area contributed by atoms with E-state index in [9.17, 15) is 4.79 Å². The molecule has 2 fully saturated rings. The summed E-state index contributed by atoms with van der Waals surface area (Å²) in [5, 5.41) is 7.67. The molecule has 2 aliphatic heterocycles. The van der Waals surface area contributed by atoms with Gasteiger partial charge < -0.3 is 19.7 Å². The Morgan fingerprint density at radius 3 is 3.04 bits per heavy atom. The SMILES string of the molecule is CN1CCC(c2nn(CCNC(=O)COCC3CCCO3)c3nccnc23)C1. The van der Waals surface area contributed by atoms with E-state index in [4.69, 9.17) is 14.6 Å². The minimum Gasteiger partial charge on any atom is -0.376 e. The topological polar surface area (TPSA) is 94.4 Å². The predicted octanol–water partition coefficient (Wildman–Crippen LogP) is 0.557. The van der Waals surface area contributed by atoms with Gasteiger partial charge in [-0.05, 0) is 32.9 Å². The Balaban J connectivity index is 1.30. The van der Waals surface area contributed by atoms with Gasteiger partial charge in [0.05, 0.1) is 24.9 Å².